The maximum atomic E-state index is 11.8. The molecule has 0 radical (unpaired) electrons. The molecule has 0 aliphatic heterocycles. The lowest BCUT2D eigenvalue weighted by molar-refractivity contribution is -0.141. The molecule has 5 aromatic rings. The lowest BCUT2D eigenvalue weighted by Crippen LogP contribution is -2.46. The van der Waals surface area contributed by atoms with Crippen molar-refractivity contribution in [2.24, 2.45) is 0 Å². The van der Waals surface area contributed by atoms with Gasteiger partial charge in [0.2, 0.25) is 11.8 Å². The fourth-order valence-electron chi connectivity index (χ4n) is 7.57. The number of para-hydroxylation sites is 1. The number of rotatable bonds is 22. The third-order valence-corrected chi connectivity index (χ3v) is 12.6. The van der Waals surface area contributed by atoms with E-state index in [1.165, 1.54) is 6.07 Å². The molecule has 0 spiro atoms. The lowest BCUT2D eigenvalue weighted by Gasteiger charge is -2.22. The van der Waals surface area contributed by atoms with Crippen molar-refractivity contribution in [3.05, 3.63) is 99.7 Å². The largest absolute Gasteiger partial charge is 0.489 e. The molecule has 1 aromatic heterocycles. The number of hydrogen-bond donors (Lipinski definition) is 12. The van der Waals surface area contributed by atoms with Crippen LogP contribution in [-0.2, 0) is 38.1 Å². The highest BCUT2D eigenvalue weighted by molar-refractivity contribution is 6.33. The molecular formula is C65H88ClN11O21. The monoisotopic (exact) mass is 1390 g/mol. The Morgan fingerprint density at radius 3 is 1.24 bits per heavy atom. The van der Waals surface area contributed by atoms with Crippen LogP contribution in [0.5, 0.6) is 23.0 Å². The van der Waals surface area contributed by atoms with Gasteiger partial charge in [0.1, 0.15) is 71.8 Å². The van der Waals surface area contributed by atoms with Crippen molar-refractivity contribution >= 4 is 88.3 Å². The number of nitrogens with two attached hydrogens (primary N) is 4. The van der Waals surface area contributed by atoms with Gasteiger partial charge in [0.25, 0.3) is 0 Å². The van der Waals surface area contributed by atoms with Crippen LogP contribution in [0.4, 0.5) is 47.6 Å². The first-order valence-corrected chi connectivity index (χ1v) is 30.4. The minimum absolute atomic E-state index is 0.200. The first-order valence-electron chi connectivity index (χ1n) is 30.1. The summed E-state index contributed by atoms with van der Waals surface area (Å²) in [6, 6.07) is 11.4. The number of carbonyl (C=O) groups excluding carboxylic acids is 4. The van der Waals surface area contributed by atoms with Crippen molar-refractivity contribution in [1.29, 1.82) is 0 Å². The molecule has 536 valence electrons. The highest BCUT2D eigenvalue weighted by Crippen LogP contribution is 2.42. The van der Waals surface area contributed by atoms with Crippen molar-refractivity contribution in [2.45, 2.75) is 169 Å². The molecule has 33 heteroatoms. The SMILES string of the molecule is CC(C)(C)OC(=O)N[C@@H](COc1cc(C2CC2)ccc1N)C(=O)O.CC(C)(C)OC(=O)N[C@@H](COc1cccc(Cl)c1N)C(=O)O.Cc1nnc(-c2cc(N)c(OC[C@H](NC(=O)OC(C)(C)C)C(=O)O)cc2C)o1.[C-]#[N+]c1cc(N)c(OC[C@H](NC(=O)OC(C)(C)C)C(=O)O)cc1C. The van der Waals surface area contributed by atoms with E-state index in [9.17, 15) is 53.7 Å². The van der Waals surface area contributed by atoms with E-state index in [2.05, 4.69) is 36.3 Å². The molecule has 0 bridgehead atoms. The first kappa shape index (κ1) is 81.4. The van der Waals surface area contributed by atoms with Gasteiger partial charge in [0, 0.05) is 12.5 Å². The quantitative estimate of drug-likeness (QED) is 0.0174. The number of nitrogens with zero attached hydrogens (tertiary/aromatic N) is 3. The molecule has 16 N–H and O–H groups in total. The molecule has 1 fully saturated rings. The van der Waals surface area contributed by atoms with Gasteiger partial charge in [-0.2, -0.15) is 0 Å². The number of carboxylic acids is 4. The van der Waals surface area contributed by atoms with Gasteiger partial charge >= 0.3 is 48.3 Å². The molecule has 4 atom stereocenters. The number of nitrogen functional groups attached to an aromatic ring is 4. The number of alkyl carbamates (subject to hydrolysis) is 4. The molecule has 0 saturated heterocycles. The zero-order valence-corrected chi connectivity index (χ0v) is 57.9. The molecular weight excluding hydrogens is 1310 g/mol. The van der Waals surface area contributed by atoms with Crippen LogP contribution in [0.25, 0.3) is 16.3 Å². The third-order valence-electron chi connectivity index (χ3n) is 12.2. The summed E-state index contributed by atoms with van der Waals surface area (Å²) in [5, 5.41) is 53.9. The molecule has 98 heavy (non-hydrogen) atoms. The van der Waals surface area contributed by atoms with Crippen LogP contribution < -0.4 is 63.1 Å². The van der Waals surface area contributed by atoms with Crippen LogP contribution in [0.1, 0.15) is 124 Å². The van der Waals surface area contributed by atoms with E-state index < -0.39 is 94.8 Å². The van der Waals surface area contributed by atoms with E-state index in [-0.39, 0.29) is 60.7 Å². The third kappa shape index (κ3) is 29.8. The number of aliphatic carboxylic acids is 4. The van der Waals surface area contributed by atoms with E-state index in [1.54, 1.807) is 146 Å². The molecule has 1 heterocycles. The molecule has 0 unspecified atom stereocenters. The predicted octanol–water partition coefficient (Wildman–Crippen LogP) is 9.56. The summed E-state index contributed by atoms with van der Waals surface area (Å²) in [5.41, 5.74) is 25.1. The Morgan fingerprint density at radius 2 is 0.898 bits per heavy atom. The number of amides is 4. The summed E-state index contributed by atoms with van der Waals surface area (Å²) < 4.78 is 47.3. The number of hydrogen-bond acceptors (Lipinski definition) is 23. The van der Waals surface area contributed by atoms with Gasteiger partial charge in [0.05, 0.1) is 34.3 Å². The number of aryl methyl sites for hydroxylation is 3. The number of benzene rings is 4. The second-order valence-electron chi connectivity index (χ2n) is 25.7. The van der Waals surface area contributed by atoms with E-state index in [0.717, 1.165) is 24.0 Å². The van der Waals surface area contributed by atoms with Gasteiger partial charge < -0.3 is 107 Å². The molecule has 6 rings (SSSR count). The van der Waals surface area contributed by atoms with Crippen LogP contribution in [0.3, 0.4) is 0 Å². The van der Waals surface area contributed by atoms with Crippen LogP contribution >= 0.6 is 11.6 Å². The van der Waals surface area contributed by atoms with Crippen LogP contribution in [0.15, 0.2) is 65.1 Å². The first-order chi connectivity index (χ1) is 45.2. The smallest absolute Gasteiger partial charge is 0.408 e. The fraction of sp³-hybridized carbons (Fsp3) is 0.462. The molecule has 4 aromatic carbocycles. The summed E-state index contributed by atoms with van der Waals surface area (Å²) in [5.74, 6) is -2.54. The second-order valence-corrected chi connectivity index (χ2v) is 26.1. The van der Waals surface area contributed by atoms with Gasteiger partial charge in [-0.05, 0) is 181 Å². The van der Waals surface area contributed by atoms with Gasteiger partial charge in [-0.3, -0.25) is 0 Å². The van der Waals surface area contributed by atoms with Gasteiger partial charge in [0.15, 0.2) is 29.9 Å². The van der Waals surface area contributed by atoms with Crippen LogP contribution in [0, 0.1) is 27.3 Å². The molecule has 32 nitrogen and oxygen atoms in total. The number of ether oxygens (including phenoxy) is 8. The topological polar surface area (TPSA) is 487 Å². The Kier molecular flexibility index (Phi) is 29.7. The molecule has 1 aliphatic rings. The van der Waals surface area contributed by atoms with E-state index >= 15 is 0 Å². The van der Waals surface area contributed by atoms with Crippen LogP contribution in [0.2, 0.25) is 5.02 Å². The maximum Gasteiger partial charge on any atom is 0.408 e. The van der Waals surface area contributed by atoms with Crippen molar-refractivity contribution < 1.29 is 101 Å². The van der Waals surface area contributed by atoms with Gasteiger partial charge in [-0.15, -0.1) is 10.2 Å². The number of carbonyl (C=O) groups is 8. The van der Waals surface area contributed by atoms with Gasteiger partial charge in [-0.25, -0.2) is 43.2 Å². The van der Waals surface area contributed by atoms with E-state index in [4.69, 9.17) is 88.5 Å². The fourth-order valence-corrected chi connectivity index (χ4v) is 7.74. The summed E-state index contributed by atoms with van der Waals surface area (Å²) in [6.07, 6.45) is -1.08. The minimum Gasteiger partial charge on any atom is -0.489 e. The zero-order chi connectivity index (χ0) is 74.4. The summed E-state index contributed by atoms with van der Waals surface area (Å²) >= 11 is 5.84. The van der Waals surface area contributed by atoms with E-state index in [0.29, 0.717) is 51.0 Å². The summed E-state index contributed by atoms with van der Waals surface area (Å²) in [6.45, 7) is 31.1. The second kappa shape index (κ2) is 35.8. The van der Waals surface area contributed by atoms with Crippen molar-refractivity contribution in [2.75, 3.05) is 49.4 Å². The Morgan fingerprint density at radius 1 is 0.531 bits per heavy atom. The Balaban J connectivity index is 0.000000341. The number of nitrogens with one attached hydrogen (secondary N) is 4. The average molecular weight is 1390 g/mol. The number of aromatic nitrogens is 2. The highest BCUT2D eigenvalue weighted by Gasteiger charge is 2.30. The molecule has 1 aliphatic carbocycles. The molecule has 1 saturated carbocycles. The van der Waals surface area contributed by atoms with Crippen molar-refractivity contribution in [3.8, 4) is 34.5 Å². The Labute approximate surface area is 571 Å². The number of anilines is 4. The maximum absolute atomic E-state index is 11.8. The Bertz CT molecular complexity index is 3660. The van der Waals surface area contributed by atoms with Crippen molar-refractivity contribution in [3.63, 3.8) is 0 Å². The summed E-state index contributed by atoms with van der Waals surface area (Å²) in [7, 11) is 0. The van der Waals surface area contributed by atoms with Crippen molar-refractivity contribution in [1.82, 2.24) is 31.5 Å². The van der Waals surface area contributed by atoms with E-state index in [1.807, 2.05) is 12.1 Å². The molecule has 4 amide bonds. The normalized spacial score (nSPS) is 13.0. The minimum atomic E-state index is -1.31. The number of halogens is 1. The van der Waals surface area contributed by atoms with Gasteiger partial charge in [-0.1, -0.05) is 23.7 Å². The summed E-state index contributed by atoms with van der Waals surface area (Å²) in [4.78, 5) is 95.3. The lowest BCUT2D eigenvalue weighted by atomic mass is 10.1. The predicted molar refractivity (Wildman–Crippen MR) is 359 cm³/mol. The number of carboxylic acid groups (broad SMARTS) is 4. The zero-order valence-electron chi connectivity index (χ0n) is 57.2. The standard InChI is InChI=1S/C18H24N4O6.C17H24N2O5.C16H21N3O5.C14H19ClN2O5/c1-9-6-14(12(19)7-11(9)15-22-21-10(2)27-15)26-8-13(16(23)24)20-17(25)28-18(3,4)5;1-17(2,3)24-16(22)19-13(15(20)21)9-23-14-8-11(10-4-5-10)6-7-12(14)18;1-9-6-13(10(17)7-11(9)18-5)23-8-12(14(20)21)19-15(22)24-16(2,3)4;1-14(2,3)22-13(20)17-9(12(18)19)7-21-10-6-4-5-8(15)11(10)16/h6-7,13H,8,19H2,1-5H3,(H,20,25)(H,23,24);6-8,10,13H,4-5,9,18H2,1-3H3,(H,19,22)(H,20,21);6-7,12H,8,17H2,1-4H3,(H,19,22)(H,20,21);4-6,9H,7,16H2,1-3H3,(H,17,20)(H,18,19)/t2*13-;12-;9-/m0000/s1. The highest BCUT2D eigenvalue weighted by atomic mass is 35.5. The Hall–Kier alpha value is -10.8. The average Bonchev–Trinajstić information content (AvgIpc) is 1.56. The van der Waals surface area contributed by atoms with Crippen LogP contribution in [-0.4, -0.2) is 152 Å².